The predicted molar refractivity (Wildman–Crippen MR) is 105 cm³/mol. The molecule has 1 aliphatic rings. The number of likely N-dealkylation sites (N-methyl/N-ethyl adjacent to an activating group) is 1. The van der Waals surface area contributed by atoms with Gasteiger partial charge in [-0.3, -0.25) is 14.8 Å². The lowest BCUT2D eigenvalue weighted by Gasteiger charge is -2.31. The van der Waals surface area contributed by atoms with Crippen LogP contribution in [0.1, 0.15) is 12.7 Å². The van der Waals surface area contributed by atoms with E-state index in [2.05, 4.69) is 32.3 Å². The van der Waals surface area contributed by atoms with Gasteiger partial charge in [0.2, 0.25) is 0 Å². The summed E-state index contributed by atoms with van der Waals surface area (Å²) in [6, 6.07) is 7.37. The third-order valence-corrected chi connectivity index (χ3v) is 4.03. The third-order valence-electron chi connectivity index (χ3n) is 4.03. The van der Waals surface area contributed by atoms with Gasteiger partial charge in [0.25, 0.3) is 5.91 Å². The van der Waals surface area contributed by atoms with E-state index in [0.717, 1.165) is 24.3 Å². The van der Waals surface area contributed by atoms with Crippen molar-refractivity contribution in [2.24, 2.45) is 5.73 Å². The highest BCUT2D eigenvalue weighted by atomic mass is 35.5. The molecule has 2 heterocycles. The minimum Gasteiger partial charge on any atom is -0.366 e. The van der Waals surface area contributed by atoms with E-state index in [1.807, 2.05) is 24.3 Å². The van der Waals surface area contributed by atoms with Crippen molar-refractivity contribution in [2.45, 2.75) is 19.6 Å². The quantitative estimate of drug-likeness (QED) is 0.697. The number of halogens is 2. The summed E-state index contributed by atoms with van der Waals surface area (Å²) in [5.74, 6) is 1.10. The van der Waals surface area contributed by atoms with Crippen LogP contribution in [0.3, 0.4) is 0 Å². The number of carbonyl (C=O) groups excluding carboxylic acids is 1. The second kappa shape index (κ2) is 10.4. The lowest BCUT2D eigenvalue weighted by molar-refractivity contribution is -0.132. The number of nitrogens with one attached hydrogen (secondary N) is 2. The molecular formula is C16H24Cl2N6O2. The molecule has 10 heteroatoms. The van der Waals surface area contributed by atoms with E-state index < -0.39 is 6.10 Å². The molecule has 2 aromatic rings. The number of rotatable bonds is 5. The van der Waals surface area contributed by atoms with Crippen molar-refractivity contribution in [3.63, 3.8) is 0 Å². The molecule has 8 nitrogen and oxygen atoms in total. The van der Waals surface area contributed by atoms with Crippen LogP contribution < -0.4 is 11.1 Å². The van der Waals surface area contributed by atoms with Crippen molar-refractivity contribution >= 4 is 36.4 Å². The summed E-state index contributed by atoms with van der Waals surface area (Å²) in [5, 5.41) is 9.78. The normalized spacial score (nSPS) is 17.1. The smallest absolute Gasteiger partial charge is 0.254 e. The first kappa shape index (κ1) is 22.3. The van der Waals surface area contributed by atoms with Crippen molar-refractivity contribution in [1.29, 1.82) is 0 Å². The highest BCUT2D eigenvalue weighted by Gasteiger charge is 2.25. The molecule has 0 bridgehead atoms. The molecule has 26 heavy (non-hydrogen) atoms. The largest absolute Gasteiger partial charge is 0.366 e. The fourth-order valence-corrected chi connectivity index (χ4v) is 2.59. The number of aromatic nitrogens is 3. The number of ether oxygens (including phenoxy) is 1. The summed E-state index contributed by atoms with van der Waals surface area (Å²) in [7, 11) is 0. The molecule has 1 atom stereocenters. The molecule has 3 rings (SSSR count). The fraction of sp³-hybridized carbons (Fsp3) is 0.438. The van der Waals surface area contributed by atoms with Crippen LogP contribution in [0.25, 0.3) is 11.4 Å². The Morgan fingerprint density at radius 3 is 2.73 bits per heavy atom. The van der Waals surface area contributed by atoms with E-state index in [-0.39, 0.29) is 30.7 Å². The summed E-state index contributed by atoms with van der Waals surface area (Å²) < 4.78 is 5.56. The van der Waals surface area contributed by atoms with E-state index in [0.29, 0.717) is 31.3 Å². The second-order valence-electron chi connectivity index (χ2n) is 5.63. The minimum absolute atomic E-state index is 0. The predicted octanol–water partition coefficient (Wildman–Crippen LogP) is 1.43. The maximum Gasteiger partial charge on any atom is 0.254 e. The monoisotopic (exact) mass is 402 g/mol. The van der Waals surface area contributed by atoms with E-state index in [9.17, 15) is 4.79 Å². The Hall–Kier alpha value is -1.71. The molecule has 1 amide bonds. The number of carbonyl (C=O) groups is 1. The van der Waals surface area contributed by atoms with E-state index in [4.69, 9.17) is 10.5 Å². The lowest BCUT2D eigenvalue weighted by Crippen LogP contribution is -2.47. The number of hydrogen-bond donors (Lipinski definition) is 3. The zero-order valence-corrected chi connectivity index (χ0v) is 16.1. The van der Waals surface area contributed by atoms with Gasteiger partial charge >= 0.3 is 0 Å². The van der Waals surface area contributed by atoms with Gasteiger partial charge in [-0.25, -0.2) is 4.98 Å². The molecule has 1 unspecified atom stereocenters. The first-order valence-corrected chi connectivity index (χ1v) is 8.06. The number of nitrogens with zero attached hydrogens (tertiary/aromatic N) is 3. The van der Waals surface area contributed by atoms with Gasteiger partial charge in [0.1, 0.15) is 11.9 Å². The topological polar surface area (TPSA) is 109 Å². The number of aromatic amines is 1. The van der Waals surface area contributed by atoms with Crippen LogP contribution in [0.5, 0.6) is 0 Å². The summed E-state index contributed by atoms with van der Waals surface area (Å²) in [4.78, 5) is 18.8. The molecule has 1 saturated heterocycles. The van der Waals surface area contributed by atoms with E-state index in [1.54, 1.807) is 0 Å². The van der Waals surface area contributed by atoms with Crippen LogP contribution in [0.15, 0.2) is 24.3 Å². The van der Waals surface area contributed by atoms with Crippen LogP contribution >= 0.6 is 24.8 Å². The molecule has 144 valence electrons. The third kappa shape index (κ3) is 5.39. The van der Waals surface area contributed by atoms with Crippen molar-refractivity contribution in [1.82, 2.24) is 20.1 Å². The van der Waals surface area contributed by atoms with Crippen molar-refractivity contribution < 1.29 is 9.53 Å². The number of anilines is 1. The van der Waals surface area contributed by atoms with Crippen molar-refractivity contribution in [3.05, 3.63) is 30.1 Å². The molecule has 1 aliphatic heterocycles. The number of H-pyrrole nitrogens is 1. The Bertz CT molecular complexity index is 694. The summed E-state index contributed by atoms with van der Waals surface area (Å²) in [6.45, 7) is 5.40. The molecule has 0 radical (unpaired) electrons. The highest BCUT2D eigenvalue weighted by molar-refractivity contribution is 5.94. The van der Waals surface area contributed by atoms with Gasteiger partial charge in [0, 0.05) is 24.3 Å². The van der Waals surface area contributed by atoms with Crippen LogP contribution in [0.2, 0.25) is 0 Å². The van der Waals surface area contributed by atoms with Gasteiger partial charge in [-0.2, -0.15) is 5.10 Å². The highest BCUT2D eigenvalue weighted by Crippen LogP contribution is 2.18. The Morgan fingerprint density at radius 2 is 2.12 bits per heavy atom. The van der Waals surface area contributed by atoms with Gasteiger partial charge in [-0.05, 0) is 30.8 Å². The van der Waals surface area contributed by atoms with Gasteiger partial charge < -0.3 is 15.8 Å². The first-order chi connectivity index (χ1) is 11.7. The molecule has 4 N–H and O–H groups in total. The minimum atomic E-state index is -0.432. The average Bonchev–Trinajstić information content (AvgIpc) is 3.11. The number of hydrogen-bond acceptors (Lipinski definition) is 6. The molecular weight excluding hydrogens is 379 g/mol. The Balaban J connectivity index is 0.00000169. The Kier molecular flexibility index (Phi) is 8.97. The van der Waals surface area contributed by atoms with Gasteiger partial charge in [-0.15, -0.1) is 24.8 Å². The number of amides is 1. The van der Waals surface area contributed by atoms with Crippen LogP contribution in [-0.2, 0) is 16.1 Å². The van der Waals surface area contributed by atoms with Crippen LogP contribution in [0, 0.1) is 0 Å². The summed E-state index contributed by atoms with van der Waals surface area (Å²) in [6.07, 6.45) is -0.432. The molecule has 0 spiro atoms. The fourth-order valence-electron chi connectivity index (χ4n) is 2.59. The summed E-state index contributed by atoms with van der Waals surface area (Å²) in [5.41, 5.74) is 7.09. The van der Waals surface area contributed by atoms with E-state index in [1.165, 1.54) is 0 Å². The van der Waals surface area contributed by atoms with Crippen molar-refractivity contribution in [2.75, 3.05) is 31.6 Å². The van der Waals surface area contributed by atoms with Crippen LogP contribution in [-0.4, -0.2) is 58.3 Å². The molecule has 0 saturated carbocycles. The summed E-state index contributed by atoms with van der Waals surface area (Å²) >= 11 is 0. The standard InChI is InChI=1S/C16H22N6O2.2ClH/c1-2-22-7-8-24-13(10-22)16(23)18-12-5-3-11(4-6-12)15-19-14(9-17)20-21-15;;/h3-6,13H,2,7-10,17H2,1H3,(H,18,23)(H,19,20,21);2*1H. The Labute approximate surface area is 164 Å². The van der Waals surface area contributed by atoms with Gasteiger partial charge in [-0.1, -0.05) is 6.92 Å². The zero-order chi connectivity index (χ0) is 16.9. The Morgan fingerprint density at radius 1 is 1.38 bits per heavy atom. The average molecular weight is 403 g/mol. The maximum atomic E-state index is 12.3. The number of benzene rings is 1. The number of nitrogens with two attached hydrogens (primary N) is 1. The van der Waals surface area contributed by atoms with Crippen molar-refractivity contribution in [3.8, 4) is 11.4 Å². The van der Waals surface area contributed by atoms with Gasteiger partial charge in [0.15, 0.2) is 5.82 Å². The molecule has 1 aromatic heterocycles. The lowest BCUT2D eigenvalue weighted by atomic mass is 10.2. The second-order valence-corrected chi connectivity index (χ2v) is 5.63. The first-order valence-electron chi connectivity index (χ1n) is 8.06. The van der Waals surface area contributed by atoms with Gasteiger partial charge in [0.05, 0.1) is 13.2 Å². The number of morpholine rings is 1. The molecule has 1 aromatic carbocycles. The maximum absolute atomic E-state index is 12.3. The SMILES string of the molecule is CCN1CCOC(C(=O)Nc2ccc(-c3n[nH]c(CN)n3)cc2)C1.Cl.Cl. The van der Waals surface area contributed by atoms with Crippen LogP contribution in [0.4, 0.5) is 5.69 Å². The molecule has 0 aliphatic carbocycles. The molecule has 1 fully saturated rings. The van der Waals surface area contributed by atoms with E-state index >= 15 is 0 Å². The zero-order valence-electron chi connectivity index (χ0n) is 14.5.